The van der Waals surface area contributed by atoms with Gasteiger partial charge >= 0.3 is 0 Å². The van der Waals surface area contributed by atoms with Crippen LogP contribution in [0.3, 0.4) is 0 Å². The van der Waals surface area contributed by atoms with E-state index in [0.717, 1.165) is 24.1 Å². The highest BCUT2D eigenvalue weighted by atomic mass is 16.4. The average molecular weight is 251 g/mol. The van der Waals surface area contributed by atoms with Gasteiger partial charge in [-0.15, -0.1) is 0 Å². The van der Waals surface area contributed by atoms with Gasteiger partial charge in [0.05, 0.1) is 5.71 Å². The Bertz CT molecular complexity index is 613. The zero-order chi connectivity index (χ0) is 13.2. The maximum Gasteiger partial charge on any atom is 0.0945 e. The van der Waals surface area contributed by atoms with Crippen LogP contribution in [-0.4, -0.2) is 10.9 Å². The summed E-state index contributed by atoms with van der Waals surface area (Å²) in [5.74, 6) is 0.195. The molecule has 0 fully saturated rings. The number of hydrogen-bond donors (Lipinski definition) is 1. The predicted molar refractivity (Wildman–Crippen MR) is 77.0 cm³/mol. The number of rotatable bonds is 1. The van der Waals surface area contributed by atoms with E-state index in [1.807, 2.05) is 18.2 Å². The second-order valence-electron chi connectivity index (χ2n) is 5.14. The molecule has 1 atom stereocenters. The van der Waals surface area contributed by atoms with Crippen LogP contribution in [0.15, 0.2) is 53.7 Å². The number of hydrogen-bond acceptors (Lipinski definition) is 2. The standard InChI is InChI=1S/C17H17NO/c1-12-6-8-14(9-7-12)16-11-10-13-4-2-3-5-15(13)17(16)18-19/h2-9,16,19H,10-11H2,1H3/b18-17-/t16-/m1/s1. The molecule has 2 aromatic rings. The van der Waals surface area contributed by atoms with Gasteiger partial charge < -0.3 is 5.21 Å². The molecule has 0 amide bonds. The second kappa shape index (κ2) is 4.88. The molecular formula is C17H17NO. The van der Waals surface area contributed by atoms with Gasteiger partial charge in [0, 0.05) is 11.5 Å². The molecule has 1 aliphatic rings. The first-order chi connectivity index (χ1) is 9.29. The highest BCUT2D eigenvalue weighted by Crippen LogP contribution is 2.33. The van der Waals surface area contributed by atoms with Crippen molar-refractivity contribution in [1.82, 2.24) is 0 Å². The Morgan fingerprint density at radius 3 is 2.53 bits per heavy atom. The van der Waals surface area contributed by atoms with Crippen LogP contribution < -0.4 is 0 Å². The minimum absolute atomic E-state index is 0.195. The molecular weight excluding hydrogens is 234 g/mol. The molecule has 1 aliphatic carbocycles. The largest absolute Gasteiger partial charge is 0.411 e. The molecule has 0 aromatic heterocycles. The molecule has 0 spiro atoms. The summed E-state index contributed by atoms with van der Waals surface area (Å²) in [6.45, 7) is 2.08. The summed E-state index contributed by atoms with van der Waals surface area (Å²) in [7, 11) is 0. The smallest absolute Gasteiger partial charge is 0.0945 e. The first-order valence-electron chi connectivity index (χ1n) is 6.66. The first kappa shape index (κ1) is 12.0. The summed E-state index contributed by atoms with van der Waals surface area (Å²) in [5.41, 5.74) is 5.64. The Morgan fingerprint density at radius 1 is 1.05 bits per heavy atom. The van der Waals surface area contributed by atoms with E-state index in [4.69, 9.17) is 0 Å². The summed E-state index contributed by atoms with van der Waals surface area (Å²) >= 11 is 0. The normalized spacial score (nSPS) is 20.3. The lowest BCUT2D eigenvalue weighted by Crippen LogP contribution is -2.21. The van der Waals surface area contributed by atoms with Crippen LogP contribution in [0.2, 0.25) is 0 Å². The number of benzene rings is 2. The molecule has 0 saturated heterocycles. The van der Waals surface area contributed by atoms with Crippen molar-refractivity contribution < 1.29 is 5.21 Å². The second-order valence-corrected chi connectivity index (χ2v) is 5.14. The monoisotopic (exact) mass is 251 g/mol. The SMILES string of the molecule is Cc1ccc([C@H]2CCc3ccccc3/C2=N/O)cc1. The molecule has 2 aromatic carbocycles. The minimum atomic E-state index is 0.195. The summed E-state index contributed by atoms with van der Waals surface area (Å²) < 4.78 is 0. The number of fused-ring (bicyclic) bond motifs is 1. The lowest BCUT2D eigenvalue weighted by molar-refractivity contribution is 0.316. The fraction of sp³-hybridized carbons (Fsp3) is 0.235. The Labute approximate surface area is 113 Å². The van der Waals surface area contributed by atoms with Crippen LogP contribution in [0.1, 0.15) is 34.6 Å². The van der Waals surface area contributed by atoms with Crippen molar-refractivity contribution in [3.05, 3.63) is 70.8 Å². The number of oxime groups is 1. The lowest BCUT2D eigenvalue weighted by Gasteiger charge is -2.26. The fourth-order valence-corrected chi connectivity index (χ4v) is 2.86. The molecule has 0 bridgehead atoms. The molecule has 3 rings (SSSR count). The Kier molecular flexibility index (Phi) is 3.08. The summed E-state index contributed by atoms with van der Waals surface area (Å²) in [6, 6.07) is 16.7. The van der Waals surface area contributed by atoms with E-state index >= 15 is 0 Å². The molecule has 2 nitrogen and oxygen atoms in total. The summed E-state index contributed by atoms with van der Waals surface area (Å²) in [5, 5.41) is 13.0. The third kappa shape index (κ3) is 2.14. The maximum absolute atomic E-state index is 9.41. The topological polar surface area (TPSA) is 32.6 Å². The van der Waals surface area contributed by atoms with E-state index in [1.54, 1.807) is 0 Å². The van der Waals surface area contributed by atoms with Crippen molar-refractivity contribution in [3.63, 3.8) is 0 Å². The van der Waals surface area contributed by atoms with Gasteiger partial charge in [-0.05, 0) is 30.9 Å². The Hall–Kier alpha value is -2.09. The molecule has 96 valence electrons. The van der Waals surface area contributed by atoms with Crippen LogP contribution in [0.4, 0.5) is 0 Å². The average Bonchev–Trinajstić information content (AvgIpc) is 2.47. The highest BCUT2D eigenvalue weighted by Gasteiger charge is 2.26. The van der Waals surface area contributed by atoms with Crippen LogP contribution in [0.5, 0.6) is 0 Å². The van der Waals surface area contributed by atoms with Gasteiger partial charge in [-0.2, -0.15) is 0 Å². The predicted octanol–water partition coefficient (Wildman–Crippen LogP) is 3.90. The zero-order valence-electron chi connectivity index (χ0n) is 11.0. The van der Waals surface area contributed by atoms with Gasteiger partial charge in [0.1, 0.15) is 0 Å². The van der Waals surface area contributed by atoms with E-state index in [9.17, 15) is 5.21 Å². The lowest BCUT2D eigenvalue weighted by atomic mass is 9.78. The maximum atomic E-state index is 9.41. The molecule has 0 radical (unpaired) electrons. The van der Waals surface area contributed by atoms with Crippen LogP contribution in [0.25, 0.3) is 0 Å². The van der Waals surface area contributed by atoms with Crippen molar-refractivity contribution in [2.75, 3.05) is 0 Å². The molecule has 19 heavy (non-hydrogen) atoms. The van der Waals surface area contributed by atoms with E-state index < -0.39 is 0 Å². The van der Waals surface area contributed by atoms with Gasteiger partial charge in [0.25, 0.3) is 0 Å². The molecule has 0 aliphatic heterocycles. The minimum Gasteiger partial charge on any atom is -0.411 e. The van der Waals surface area contributed by atoms with E-state index in [0.29, 0.717) is 0 Å². The molecule has 0 saturated carbocycles. The Morgan fingerprint density at radius 2 is 1.79 bits per heavy atom. The van der Waals surface area contributed by atoms with E-state index in [1.165, 1.54) is 16.7 Å². The van der Waals surface area contributed by atoms with Crippen LogP contribution in [0, 0.1) is 6.92 Å². The van der Waals surface area contributed by atoms with E-state index in [-0.39, 0.29) is 5.92 Å². The van der Waals surface area contributed by atoms with E-state index in [2.05, 4.69) is 42.4 Å². The van der Waals surface area contributed by atoms with Gasteiger partial charge in [-0.1, -0.05) is 59.3 Å². The molecule has 2 heteroatoms. The van der Waals surface area contributed by atoms with Crippen molar-refractivity contribution in [2.24, 2.45) is 5.16 Å². The van der Waals surface area contributed by atoms with Crippen molar-refractivity contribution in [2.45, 2.75) is 25.7 Å². The highest BCUT2D eigenvalue weighted by molar-refractivity contribution is 6.06. The van der Waals surface area contributed by atoms with Gasteiger partial charge in [0.2, 0.25) is 0 Å². The van der Waals surface area contributed by atoms with Gasteiger partial charge in [0.15, 0.2) is 0 Å². The zero-order valence-corrected chi connectivity index (χ0v) is 11.0. The van der Waals surface area contributed by atoms with Gasteiger partial charge in [-0.25, -0.2) is 0 Å². The molecule has 0 unspecified atom stereocenters. The van der Waals surface area contributed by atoms with Crippen molar-refractivity contribution >= 4 is 5.71 Å². The fourth-order valence-electron chi connectivity index (χ4n) is 2.86. The number of aryl methyl sites for hydroxylation is 2. The third-order valence-electron chi connectivity index (χ3n) is 3.91. The van der Waals surface area contributed by atoms with Crippen LogP contribution in [-0.2, 0) is 6.42 Å². The Balaban J connectivity index is 2.03. The van der Waals surface area contributed by atoms with Crippen LogP contribution >= 0.6 is 0 Å². The first-order valence-corrected chi connectivity index (χ1v) is 6.66. The third-order valence-corrected chi connectivity index (χ3v) is 3.91. The summed E-state index contributed by atoms with van der Waals surface area (Å²) in [4.78, 5) is 0. The summed E-state index contributed by atoms with van der Waals surface area (Å²) in [6.07, 6.45) is 2.03. The van der Waals surface area contributed by atoms with Crippen molar-refractivity contribution in [3.8, 4) is 0 Å². The number of nitrogens with zero attached hydrogens (tertiary/aromatic N) is 1. The van der Waals surface area contributed by atoms with Gasteiger partial charge in [-0.3, -0.25) is 0 Å². The molecule has 0 heterocycles. The molecule has 1 N–H and O–H groups in total. The van der Waals surface area contributed by atoms with Crippen molar-refractivity contribution in [1.29, 1.82) is 0 Å². The quantitative estimate of drug-likeness (QED) is 0.605.